The number of hydrogen-bond acceptors (Lipinski definition) is 6. The Labute approximate surface area is 130 Å². The van der Waals surface area contributed by atoms with Gasteiger partial charge in [-0.15, -0.1) is 0 Å². The maximum absolute atomic E-state index is 6.15. The molecule has 1 saturated heterocycles. The first-order valence-electron chi connectivity index (χ1n) is 7.47. The molecule has 1 aliphatic heterocycles. The summed E-state index contributed by atoms with van der Waals surface area (Å²) >= 11 is 0. The first-order valence-corrected chi connectivity index (χ1v) is 7.47. The monoisotopic (exact) mass is 299 g/mol. The highest BCUT2D eigenvalue weighted by Gasteiger charge is 2.26. The summed E-state index contributed by atoms with van der Waals surface area (Å²) in [6.45, 7) is 3.69. The number of hydrogen-bond donors (Lipinski definition) is 0. The summed E-state index contributed by atoms with van der Waals surface area (Å²) < 4.78 is 6.15. The molecule has 6 nitrogen and oxygen atoms in total. The van der Waals surface area contributed by atoms with Crippen LogP contribution in [0, 0.1) is 6.92 Å². The van der Waals surface area contributed by atoms with Crippen LogP contribution in [0.2, 0.25) is 0 Å². The lowest BCUT2D eigenvalue weighted by Crippen LogP contribution is -2.26. The van der Waals surface area contributed by atoms with E-state index in [0.717, 1.165) is 42.7 Å². The van der Waals surface area contributed by atoms with Crippen LogP contribution < -0.4 is 14.5 Å². The maximum Gasteiger partial charge on any atom is 0.225 e. The van der Waals surface area contributed by atoms with Gasteiger partial charge in [-0.2, -0.15) is 0 Å². The van der Waals surface area contributed by atoms with Crippen molar-refractivity contribution in [2.45, 2.75) is 19.4 Å². The van der Waals surface area contributed by atoms with Crippen molar-refractivity contribution in [3.8, 4) is 5.75 Å². The fourth-order valence-corrected chi connectivity index (χ4v) is 2.58. The highest BCUT2D eigenvalue weighted by Crippen LogP contribution is 2.27. The summed E-state index contributed by atoms with van der Waals surface area (Å²) in [5.74, 6) is 2.46. The van der Waals surface area contributed by atoms with E-state index in [1.807, 2.05) is 44.1 Å². The number of anilines is 2. The number of nitrogens with zero attached hydrogens (tertiary/aromatic N) is 5. The van der Waals surface area contributed by atoms with E-state index in [1.165, 1.54) is 0 Å². The molecule has 0 amide bonds. The maximum atomic E-state index is 6.15. The van der Waals surface area contributed by atoms with E-state index >= 15 is 0 Å². The van der Waals surface area contributed by atoms with Crippen LogP contribution in [0.3, 0.4) is 0 Å². The second-order valence-electron chi connectivity index (χ2n) is 5.69. The van der Waals surface area contributed by atoms with Gasteiger partial charge in [0.15, 0.2) is 11.6 Å². The Morgan fingerprint density at radius 1 is 1.23 bits per heavy atom. The standard InChI is InChI=1S/C16H21N5O/c1-12-6-9-18-16(19-12)21-10-7-13(11-21)22-14-5-4-8-17-15(14)20(2)3/h4-6,8-9,13H,7,10-11H2,1-3H3. The van der Waals surface area contributed by atoms with Gasteiger partial charge in [0.1, 0.15) is 6.10 Å². The molecule has 116 valence electrons. The van der Waals surface area contributed by atoms with Gasteiger partial charge in [-0.25, -0.2) is 15.0 Å². The van der Waals surface area contributed by atoms with Crippen LogP contribution in [0.15, 0.2) is 30.6 Å². The van der Waals surface area contributed by atoms with Crippen LogP contribution in [-0.2, 0) is 0 Å². The Hall–Kier alpha value is -2.37. The molecule has 0 radical (unpaired) electrons. The molecule has 2 aromatic rings. The van der Waals surface area contributed by atoms with Crippen LogP contribution in [0.5, 0.6) is 5.75 Å². The Bertz CT molecular complexity index is 646. The molecule has 0 bridgehead atoms. The van der Waals surface area contributed by atoms with E-state index in [4.69, 9.17) is 4.74 Å². The van der Waals surface area contributed by atoms with Crippen LogP contribution in [0.4, 0.5) is 11.8 Å². The second kappa shape index (κ2) is 6.17. The molecule has 3 rings (SSSR count). The molecule has 3 heterocycles. The zero-order chi connectivity index (χ0) is 15.5. The molecule has 0 aliphatic carbocycles. The largest absolute Gasteiger partial charge is 0.485 e. The molecule has 1 unspecified atom stereocenters. The van der Waals surface area contributed by atoms with E-state index in [-0.39, 0.29) is 6.10 Å². The van der Waals surface area contributed by atoms with Crippen LogP contribution in [-0.4, -0.2) is 48.2 Å². The lowest BCUT2D eigenvalue weighted by Gasteiger charge is -2.20. The van der Waals surface area contributed by atoms with Gasteiger partial charge in [0.25, 0.3) is 0 Å². The van der Waals surface area contributed by atoms with Gasteiger partial charge < -0.3 is 14.5 Å². The second-order valence-corrected chi connectivity index (χ2v) is 5.69. The van der Waals surface area contributed by atoms with Gasteiger partial charge in [0, 0.05) is 45.1 Å². The van der Waals surface area contributed by atoms with Crippen LogP contribution in [0.1, 0.15) is 12.1 Å². The predicted molar refractivity (Wildman–Crippen MR) is 86.6 cm³/mol. The minimum Gasteiger partial charge on any atom is -0.485 e. The summed E-state index contributed by atoms with van der Waals surface area (Å²) in [7, 11) is 3.94. The number of rotatable bonds is 4. The van der Waals surface area contributed by atoms with E-state index in [2.05, 4.69) is 19.9 Å². The van der Waals surface area contributed by atoms with Crippen molar-refractivity contribution in [2.24, 2.45) is 0 Å². The molecule has 22 heavy (non-hydrogen) atoms. The molecule has 1 fully saturated rings. The third-order valence-corrected chi connectivity index (χ3v) is 3.68. The first-order chi connectivity index (χ1) is 10.6. The van der Waals surface area contributed by atoms with Crippen molar-refractivity contribution in [1.29, 1.82) is 0 Å². The van der Waals surface area contributed by atoms with Crippen LogP contribution >= 0.6 is 0 Å². The third kappa shape index (κ3) is 3.10. The van der Waals surface area contributed by atoms with Crippen molar-refractivity contribution in [2.75, 3.05) is 37.0 Å². The molecular weight excluding hydrogens is 278 g/mol. The molecule has 0 spiro atoms. The van der Waals surface area contributed by atoms with Gasteiger partial charge in [0.2, 0.25) is 5.95 Å². The number of pyridine rings is 1. The third-order valence-electron chi connectivity index (χ3n) is 3.68. The highest BCUT2D eigenvalue weighted by molar-refractivity contribution is 5.51. The molecular formula is C16H21N5O. The molecule has 1 atom stereocenters. The fraction of sp³-hybridized carbons (Fsp3) is 0.438. The summed E-state index contributed by atoms with van der Waals surface area (Å²) in [5, 5.41) is 0. The lowest BCUT2D eigenvalue weighted by molar-refractivity contribution is 0.225. The van der Waals surface area contributed by atoms with E-state index in [0.29, 0.717) is 0 Å². The Morgan fingerprint density at radius 3 is 2.86 bits per heavy atom. The zero-order valence-electron chi connectivity index (χ0n) is 13.2. The molecule has 0 N–H and O–H groups in total. The summed E-state index contributed by atoms with van der Waals surface area (Å²) in [6, 6.07) is 5.78. The normalized spacial score (nSPS) is 17.6. The van der Waals surface area contributed by atoms with E-state index < -0.39 is 0 Å². The fourth-order valence-electron chi connectivity index (χ4n) is 2.58. The molecule has 1 aliphatic rings. The topological polar surface area (TPSA) is 54.4 Å². The Balaban J connectivity index is 1.69. The molecule has 0 saturated carbocycles. The summed E-state index contributed by atoms with van der Waals surface area (Å²) in [5.41, 5.74) is 0.983. The Kier molecular flexibility index (Phi) is 4.09. The summed E-state index contributed by atoms with van der Waals surface area (Å²) in [6.07, 6.45) is 4.67. The van der Waals surface area contributed by atoms with E-state index in [1.54, 1.807) is 12.4 Å². The smallest absolute Gasteiger partial charge is 0.225 e. The number of aryl methyl sites for hydroxylation is 1. The Morgan fingerprint density at radius 2 is 2.09 bits per heavy atom. The first kappa shape index (κ1) is 14.6. The highest BCUT2D eigenvalue weighted by atomic mass is 16.5. The average Bonchev–Trinajstić information content (AvgIpc) is 2.96. The van der Waals surface area contributed by atoms with Gasteiger partial charge in [-0.3, -0.25) is 0 Å². The van der Waals surface area contributed by atoms with Crippen molar-refractivity contribution in [3.63, 3.8) is 0 Å². The van der Waals surface area contributed by atoms with Gasteiger partial charge in [-0.1, -0.05) is 0 Å². The van der Waals surface area contributed by atoms with Crippen molar-refractivity contribution < 1.29 is 4.74 Å². The number of aromatic nitrogens is 3. The van der Waals surface area contributed by atoms with Gasteiger partial charge in [-0.05, 0) is 25.1 Å². The summed E-state index contributed by atoms with van der Waals surface area (Å²) in [4.78, 5) is 17.3. The quantitative estimate of drug-likeness (QED) is 0.859. The van der Waals surface area contributed by atoms with Crippen LogP contribution in [0.25, 0.3) is 0 Å². The molecule has 0 aromatic carbocycles. The minimum atomic E-state index is 0.131. The average molecular weight is 299 g/mol. The SMILES string of the molecule is Cc1ccnc(N2CCC(Oc3cccnc3N(C)C)C2)n1. The van der Waals surface area contributed by atoms with Gasteiger partial charge >= 0.3 is 0 Å². The minimum absolute atomic E-state index is 0.131. The van der Waals surface area contributed by atoms with Gasteiger partial charge in [0.05, 0.1) is 6.54 Å². The van der Waals surface area contributed by atoms with Crippen molar-refractivity contribution in [3.05, 3.63) is 36.3 Å². The number of ether oxygens (including phenoxy) is 1. The molecule has 2 aromatic heterocycles. The lowest BCUT2D eigenvalue weighted by atomic mass is 10.3. The predicted octanol–water partition coefficient (Wildman–Crippen LogP) is 1.90. The van der Waals surface area contributed by atoms with E-state index in [9.17, 15) is 0 Å². The molecule has 6 heteroatoms. The zero-order valence-corrected chi connectivity index (χ0v) is 13.2. The van der Waals surface area contributed by atoms with Crippen molar-refractivity contribution >= 4 is 11.8 Å². The van der Waals surface area contributed by atoms with Crippen molar-refractivity contribution in [1.82, 2.24) is 15.0 Å².